The third-order valence-electron chi connectivity index (χ3n) is 4.77. The second kappa shape index (κ2) is 10.2. The molecular formula is C20H32N4O2. The average Bonchev–Trinajstić information content (AvgIpc) is 2.61. The van der Waals surface area contributed by atoms with Gasteiger partial charge in [-0.3, -0.25) is 9.59 Å². The monoisotopic (exact) mass is 360 g/mol. The van der Waals surface area contributed by atoms with Crippen molar-refractivity contribution in [1.29, 1.82) is 0 Å². The van der Waals surface area contributed by atoms with Crippen molar-refractivity contribution >= 4 is 23.2 Å². The summed E-state index contributed by atoms with van der Waals surface area (Å²) in [6.07, 6.45) is 4.54. The highest BCUT2D eigenvalue weighted by Crippen LogP contribution is 2.23. The van der Waals surface area contributed by atoms with Gasteiger partial charge in [0.1, 0.15) is 0 Å². The predicted octanol–water partition coefficient (Wildman–Crippen LogP) is 2.32. The molecule has 6 heteroatoms. The first kappa shape index (κ1) is 20.2. The number of rotatable bonds is 7. The highest BCUT2D eigenvalue weighted by molar-refractivity contribution is 6.39. The summed E-state index contributed by atoms with van der Waals surface area (Å²) in [5, 5.41) is 5.40. The van der Waals surface area contributed by atoms with Gasteiger partial charge < -0.3 is 20.4 Å². The fourth-order valence-corrected chi connectivity index (χ4v) is 3.38. The fourth-order valence-electron chi connectivity index (χ4n) is 3.38. The smallest absolute Gasteiger partial charge is 0.313 e. The Morgan fingerprint density at radius 2 is 1.96 bits per heavy atom. The summed E-state index contributed by atoms with van der Waals surface area (Å²) in [6, 6.07) is 7.42. The van der Waals surface area contributed by atoms with Gasteiger partial charge in [0.25, 0.3) is 0 Å². The van der Waals surface area contributed by atoms with Gasteiger partial charge >= 0.3 is 11.8 Å². The van der Waals surface area contributed by atoms with E-state index in [1.807, 2.05) is 37.2 Å². The number of piperidine rings is 1. The third kappa shape index (κ3) is 6.33. The average molecular weight is 361 g/mol. The molecule has 1 aromatic rings. The molecule has 2 rings (SSSR count). The first-order valence-electron chi connectivity index (χ1n) is 9.55. The van der Waals surface area contributed by atoms with Crippen LogP contribution < -0.4 is 15.5 Å². The Balaban J connectivity index is 1.67. The second-order valence-corrected chi connectivity index (χ2v) is 7.38. The van der Waals surface area contributed by atoms with Gasteiger partial charge in [0.2, 0.25) is 0 Å². The number of amides is 2. The van der Waals surface area contributed by atoms with Crippen molar-refractivity contribution in [2.75, 3.05) is 50.5 Å². The Bertz CT molecular complexity index is 603. The Kier molecular flexibility index (Phi) is 7.91. The Morgan fingerprint density at radius 1 is 1.19 bits per heavy atom. The molecule has 0 bridgehead atoms. The lowest BCUT2D eigenvalue weighted by molar-refractivity contribution is -0.136. The van der Waals surface area contributed by atoms with Gasteiger partial charge in [-0.05, 0) is 56.8 Å². The number of para-hydroxylation sites is 2. The van der Waals surface area contributed by atoms with Crippen LogP contribution in [0.5, 0.6) is 0 Å². The lowest BCUT2D eigenvalue weighted by atomic mass is 10.0. The molecule has 0 spiro atoms. The standard InChI is InChI=1S/C20H32N4O2/c1-16-9-8-14-24(15-16)13-7-6-12-21-19(25)20(26)22-17-10-4-5-11-18(17)23(2)3/h4-5,10-11,16H,6-9,12-15H2,1-3H3,(H,21,25)(H,22,26). The van der Waals surface area contributed by atoms with Gasteiger partial charge in [0, 0.05) is 27.2 Å². The van der Waals surface area contributed by atoms with Crippen molar-refractivity contribution in [3.8, 4) is 0 Å². The lowest BCUT2D eigenvalue weighted by Gasteiger charge is -2.30. The number of hydrogen-bond donors (Lipinski definition) is 2. The summed E-state index contributed by atoms with van der Waals surface area (Å²) in [5.41, 5.74) is 1.50. The highest BCUT2D eigenvalue weighted by atomic mass is 16.2. The van der Waals surface area contributed by atoms with Crippen LogP contribution in [0.15, 0.2) is 24.3 Å². The number of carbonyl (C=O) groups excluding carboxylic acids is 2. The molecule has 1 unspecified atom stereocenters. The summed E-state index contributed by atoms with van der Waals surface area (Å²) in [5.74, 6) is -0.411. The van der Waals surface area contributed by atoms with Gasteiger partial charge in [-0.1, -0.05) is 19.1 Å². The zero-order chi connectivity index (χ0) is 18.9. The maximum Gasteiger partial charge on any atom is 0.313 e. The maximum atomic E-state index is 12.1. The molecule has 144 valence electrons. The van der Waals surface area contributed by atoms with E-state index in [1.165, 1.54) is 25.9 Å². The number of carbonyl (C=O) groups is 2. The van der Waals surface area contributed by atoms with E-state index in [9.17, 15) is 9.59 Å². The molecule has 0 saturated carbocycles. The van der Waals surface area contributed by atoms with Crippen LogP contribution in [0.4, 0.5) is 11.4 Å². The van der Waals surface area contributed by atoms with Crippen LogP contribution in [-0.2, 0) is 9.59 Å². The third-order valence-corrected chi connectivity index (χ3v) is 4.77. The Labute approximate surface area is 156 Å². The minimum Gasteiger partial charge on any atom is -0.376 e. The van der Waals surface area contributed by atoms with Crippen LogP contribution >= 0.6 is 0 Å². The molecule has 1 saturated heterocycles. The predicted molar refractivity (Wildman–Crippen MR) is 106 cm³/mol. The molecule has 0 radical (unpaired) electrons. The molecule has 1 aliphatic heterocycles. The number of likely N-dealkylation sites (tertiary alicyclic amines) is 1. The molecule has 2 N–H and O–H groups in total. The van der Waals surface area contributed by atoms with Gasteiger partial charge in [-0.25, -0.2) is 0 Å². The van der Waals surface area contributed by atoms with Gasteiger partial charge in [0.05, 0.1) is 11.4 Å². The molecule has 1 atom stereocenters. The molecule has 1 aromatic carbocycles. The first-order chi connectivity index (χ1) is 12.5. The zero-order valence-corrected chi connectivity index (χ0v) is 16.3. The number of nitrogens with one attached hydrogen (secondary N) is 2. The summed E-state index contributed by atoms with van der Waals surface area (Å²) in [7, 11) is 3.79. The molecular weight excluding hydrogens is 328 g/mol. The van der Waals surface area contributed by atoms with E-state index in [1.54, 1.807) is 6.07 Å². The Hall–Kier alpha value is -2.08. The van der Waals surface area contributed by atoms with E-state index in [0.717, 1.165) is 31.0 Å². The SMILES string of the molecule is CC1CCCN(CCCCNC(=O)C(=O)Nc2ccccc2N(C)C)C1. The fraction of sp³-hybridized carbons (Fsp3) is 0.600. The molecule has 0 aliphatic carbocycles. The summed E-state index contributed by atoms with van der Waals surface area (Å²) < 4.78 is 0. The molecule has 1 heterocycles. The Morgan fingerprint density at radius 3 is 2.69 bits per heavy atom. The topological polar surface area (TPSA) is 64.7 Å². The van der Waals surface area contributed by atoms with Crippen molar-refractivity contribution in [3.63, 3.8) is 0 Å². The van der Waals surface area contributed by atoms with Crippen LogP contribution in [0.2, 0.25) is 0 Å². The van der Waals surface area contributed by atoms with Crippen LogP contribution in [0.3, 0.4) is 0 Å². The van der Waals surface area contributed by atoms with Crippen LogP contribution in [0.1, 0.15) is 32.6 Å². The number of unbranched alkanes of at least 4 members (excludes halogenated alkanes) is 1. The summed E-state index contributed by atoms with van der Waals surface area (Å²) in [4.78, 5) is 28.5. The van der Waals surface area contributed by atoms with Crippen molar-refractivity contribution in [2.45, 2.75) is 32.6 Å². The molecule has 6 nitrogen and oxygen atoms in total. The van der Waals surface area contributed by atoms with E-state index < -0.39 is 11.8 Å². The van der Waals surface area contributed by atoms with Crippen LogP contribution in [0, 0.1) is 5.92 Å². The maximum absolute atomic E-state index is 12.1. The van der Waals surface area contributed by atoms with Gasteiger partial charge in [-0.15, -0.1) is 0 Å². The largest absolute Gasteiger partial charge is 0.376 e. The highest BCUT2D eigenvalue weighted by Gasteiger charge is 2.17. The number of nitrogens with zero attached hydrogens (tertiary/aromatic N) is 2. The quantitative estimate of drug-likeness (QED) is 0.579. The van der Waals surface area contributed by atoms with Crippen molar-refractivity contribution in [1.82, 2.24) is 10.2 Å². The molecule has 0 aromatic heterocycles. The van der Waals surface area contributed by atoms with E-state index in [-0.39, 0.29) is 0 Å². The van der Waals surface area contributed by atoms with Crippen molar-refractivity contribution in [3.05, 3.63) is 24.3 Å². The van der Waals surface area contributed by atoms with E-state index >= 15 is 0 Å². The normalized spacial score (nSPS) is 17.6. The molecule has 1 fully saturated rings. The number of anilines is 2. The lowest BCUT2D eigenvalue weighted by Crippen LogP contribution is -2.37. The minimum atomic E-state index is -0.621. The van der Waals surface area contributed by atoms with E-state index in [2.05, 4.69) is 22.5 Å². The van der Waals surface area contributed by atoms with Crippen LogP contribution in [0.25, 0.3) is 0 Å². The number of hydrogen-bond acceptors (Lipinski definition) is 4. The summed E-state index contributed by atoms with van der Waals surface area (Å²) in [6.45, 7) is 6.28. The van der Waals surface area contributed by atoms with Crippen molar-refractivity contribution in [2.24, 2.45) is 5.92 Å². The minimum absolute atomic E-state index is 0.533. The second-order valence-electron chi connectivity index (χ2n) is 7.38. The van der Waals surface area contributed by atoms with Gasteiger partial charge in [0.15, 0.2) is 0 Å². The van der Waals surface area contributed by atoms with E-state index in [4.69, 9.17) is 0 Å². The molecule has 1 aliphatic rings. The van der Waals surface area contributed by atoms with Gasteiger partial charge in [-0.2, -0.15) is 0 Å². The number of benzene rings is 1. The molecule has 2 amide bonds. The molecule has 26 heavy (non-hydrogen) atoms. The summed E-state index contributed by atoms with van der Waals surface area (Å²) >= 11 is 0. The first-order valence-corrected chi connectivity index (χ1v) is 9.55. The zero-order valence-electron chi connectivity index (χ0n) is 16.3. The van der Waals surface area contributed by atoms with E-state index in [0.29, 0.717) is 12.2 Å². The van der Waals surface area contributed by atoms with Crippen molar-refractivity contribution < 1.29 is 9.59 Å². The van der Waals surface area contributed by atoms with Crippen LogP contribution in [-0.4, -0.2) is 57.0 Å².